The number of fused-ring (bicyclic) bond motifs is 1. The third-order valence-electron chi connectivity index (χ3n) is 6.33. The molecule has 3 heterocycles. The Bertz CT molecular complexity index is 1170. The van der Waals surface area contributed by atoms with Crippen LogP contribution in [0.25, 0.3) is 11.0 Å². The second-order valence-corrected chi connectivity index (χ2v) is 9.34. The van der Waals surface area contributed by atoms with Gasteiger partial charge in [-0.3, -0.25) is 24.8 Å². The number of carbonyl (C=O) groups excluding carboxylic acids is 1. The molecule has 0 radical (unpaired) electrons. The van der Waals surface area contributed by atoms with Gasteiger partial charge < -0.3 is 9.88 Å². The minimum Gasteiger partial charge on any atom is -0.369 e. The standard InChI is InChI=1S/C25H33ClN6O2/c1-2-3-4-5-6-10-21(33)28-25-29-23-22(24(34)30-25)18(16-27-23)17-31-11-13-32(14-12-31)20-9-7-8-19(26)15-20/h7-9,15-16H,2-6,10-14,17H2,1H3,(H3,27,28,29,30,33,34). The first-order chi connectivity index (χ1) is 16.5. The first kappa shape index (κ1) is 24.3. The molecule has 0 saturated carbocycles. The van der Waals surface area contributed by atoms with Crippen molar-refractivity contribution in [1.29, 1.82) is 0 Å². The number of aromatic nitrogens is 3. The van der Waals surface area contributed by atoms with Crippen molar-refractivity contribution >= 4 is 40.2 Å². The minimum absolute atomic E-state index is 0.122. The molecule has 0 bridgehead atoms. The third kappa shape index (κ3) is 6.18. The first-order valence-corrected chi connectivity index (χ1v) is 12.5. The summed E-state index contributed by atoms with van der Waals surface area (Å²) in [6.45, 7) is 6.39. The highest BCUT2D eigenvalue weighted by Crippen LogP contribution is 2.22. The fourth-order valence-electron chi connectivity index (χ4n) is 4.45. The van der Waals surface area contributed by atoms with Gasteiger partial charge in [0.15, 0.2) is 0 Å². The predicted octanol–water partition coefficient (Wildman–Crippen LogP) is 4.53. The topological polar surface area (TPSA) is 97.1 Å². The van der Waals surface area contributed by atoms with Crippen molar-refractivity contribution in [1.82, 2.24) is 19.9 Å². The summed E-state index contributed by atoms with van der Waals surface area (Å²) in [5.74, 6) is 0.0722. The number of piperazine rings is 1. The molecule has 1 fully saturated rings. The highest BCUT2D eigenvalue weighted by Gasteiger charge is 2.20. The van der Waals surface area contributed by atoms with Crippen LogP contribution in [0.2, 0.25) is 5.02 Å². The van der Waals surface area contributed by atoms with E-state index in [4.69, 9.17) is 11.6 Å². The lowest BCUT2D eigenvalue weighted by molar-refractivity contribution is -0.116. The molecular formula is C25H33ClN6O2. The van der Waals surface area contributed by atoms with Crippen molar-refractivity contribution in [3.8, 4) is 0 Å². The molecule has 3 aromatic rings. The summed E-state index contributed by atoms with van der Waals surface area (Å²) in [7, 11) is 0. The van der Waals surface area contributed by atoms with Crippen LogP contribution >= 0.6 is 11.6 Å². The maximum absolute atomic E-state index is 12.8. The highest BCUT2D eigenvalue weighted by molar-refractivity contribution is 6.30. The molecule has 1 aromatic carbocycles. The Hall–Kier alpha value is -2.84. The quantitative estimate of drug-likeness (QED) is 0.367. The monoisotopic (exact) mass is 484 g/mol. The highest BCUT2D eigenvalue weighted by atomic mass is 35.5. The van der Waals surface area contributed by atoms with Gasteiger partial charge in [-0.05, 0) is 30.2 Å². The van der Waals surface area contributed by atoms with E-state index >= 15 is 0 Å². The van der Waals surface area contributed by atoms with Gasteiger partial charge in [0, 0.05) is 56.1 Å². The second-order valence-electron chi connectivity index (χ2n) is 8.91. The second kappa shape index (κ2) is 11.5. The average molecular weight is 485 g/mol. The number of benzene rings is 1. The summed E-state index contributed by atoms with van der Waals surface area (Å²) in [5, 5.41) is 4.02. The number of nitrogens with one attached hydrogen (secondary N) is 3. The number of carbonyl (C=O) groups is 1. The zero-order valence-corrected chi connectivity index (χ0v) is 20.5. The Morgan fingerprint density at radius 1 is 1.15 bits per heavy atom. The summed E-state index contributed by atoms with van der Waals surface area (Å²) >= 11 is 6.13. The van der Waals surface area contributed by atoms with Crippen LogP contribution in [0.15, 0.2) is 35.3 Å². The number of amides is 1. The molecule has 1 amide bonds. The van der Waals surface area contributed by atoms with Gasteiger partial charge in [-0.15, -0.1) is 0 Å². The van der Waals surface area contributed by atoms with Gasteiger partial charge >= 0.3 is 0 Å². The van der Waals surface area contributed by atoms with Crippen LogP contribution in [-0.4, -0.2) is 51.9 Å². The van der Waals surface area contributed by atoms with Crippen LogP contribution in [0.3, 0.4) is 0 Å². The molecule has 0 unspecified atom stereocenters. The van der Waals surface area contributed by atoms with Gasteiger partial charge in [0.1, 0.15) is 5.65 Å². The SMILES string of the molecule is CCCCCCCC(=O)Nc1nc2[nH]cc(CN3CCN(c4cccc(Cl)c4)CC3)c2c(=O)[nH]1. The average Bonchev–Trinajstić information content (AvgIpc) is 3.22. The van der Waals surface area contributed by atoms with E-state index < -0.39 is 0 Å². The Balaban J connectivity index is 1.34. The van der Waals surface area contributed by atoms with Crippen molar-refractivity contribution in [3.63, 3.8) is 0 Å². The molecule has 0 spiro atoms. The Morgan fingerprint density at radius 2 is 1.94 bits per heavy atom. The normalized spacial score (nSPS) is 14.6. The van der Waals surface area contributed by atoms with E-state index in [-0.39, 0.29) is 17.4 Å². The number of hydrogen-bond acceptors (Lipinski definition) is 5. The number of H-pyrrole nitrogens is 2. The first-order valence-electron chi connectivity index (χ1n) is 12.2. The van der Waals surface area contributed by atoms with E-state index in [9.17, 15) is 9.59 Å². The number of hydrogen-bond donors (Lipinski definition) is 3. The van der Waals surface area contributed by atoms with Crippen molar-refractivity contribution in [2.24, 2.45) is 0 Å². The summed E-state index contributed by atoms with van der Waals surface area (Å²) in [6, 6.07) is 7.93. The third-order valence-corrected chi connectivity index (χ3v) is 6.56. The molecule has 1 aliphatic rings. The maximum Gasteiger partial charge on any atom is 0.262 e. The zero-order valence-electron chi connectivity index (χ0n) is 19.7. The number of halogens is 1. The molecule has 9 heteroatoms. The molecule has 1 aliphatic heterocycles. The molecule has 0 atom stereocenters. The van der Waals surface area contributed by atoms with Crippen LogP contribution in [-0.2, 0) is 11.3 Å². The predicted molar refractivity (Wildman–Crippen MR) is 138 cm³/mol. The van der Waals surface area contributed by atoms with Gasteiger partial charge in [-0.1, -0.05) is 50.3 Å². The van der Waals surface area contributed by atoms with Gasteiger partial charge in [0.25, 0.3) is 5.56 Å². The lowest BCUT2D eigenvalue weighted by Crippen LogP contribution is -2.46. The molecule has 34 heavy (non-hydrogen) atoms. The Labute approximate surface area is 204 Å². The zero-order chi connectivity index (χ0) is 23.9. The van der Waals surface area contributed by atoms with Crippen LogP contribution < -0.4 is 15.8 Å². The summed E-state index contributed by atoms with van der Waals surface area (Å²) in [4.78, 5) is 39.9. The summed E-state index contributed by atoms with van der Waals surface area (Å²) < 4.78 is 0. The van der Waals surface area contributed by atoms with E-state index in [1.165, 1.54) is 12.8 Å². The van der Waals surface area contributed by atoms with Gasteiger partial charge in [0.05, 0.1) is 5.39 Å². The van der Waals surface area contributed by atoms with Crippen molar-refractivity contribution in [2.45, 2.75) is 52.0 Å². The fourth-order valence-corrected chi connectivity index (χ4v) is 4.63. The van der Waals surface area contributed by atoms with Gasteiger partial charge in [-0.25, -0.2) is 0 Å². The van der Waals surface area contributed by atoms with Crippen LogP contribution in [0.4, 0.5) is 11.6 Å². The fraction of sp³-hybridized carbons (Fsp3) is 0.480. The molecule has 8 nitrogen and oxygen atoms in total. The molecule has 2 aromatic heterocycles. The van der Waals surface area contributed by atoms with Crippen LogP contribution in [0.5, 0.6) is 0 Å². The number of anilines is 2. The van der Waals surface area contributed by atoms with Gasteiger partial charge in [0.2, 0.25) is 11.9 Å². The lowest BCUT2D eigenvalue weighted by Gasteiger charge is -2.36. The number of unbranched alkanes of at least 4 members (excludes halogenated alkanes) is 4. The number of rotatable bonds is 10. The van der Waals surface area contributed by atoms with Crippen molar-refractivity contribution < 1.29 is 4.79 Å². The molecule has 182 valence electrons. The summed E-state index contributed by atoms with van der Waals surface area (Å²) in [6.07, 6.45) is 7.67. The van der Waals surface area contributed by atoms with Crippen molar-refractivity contribution in [3.05, 3.63) is 51.4 Å². The molecule has 1 saturated heterocycles. The van der Waals surface area contributed by atoms with E-state index in [1.54, 1.807) is 0 Å². The van der Waals surface area contributed by atoms with Gasteiger partial charge in [-0.2, -0.15) is 4.98 Å². The molecular weight excluding hydrogens is 452 g/mol. The minimum atomic E-state index is -0.239. The Kier molecular flexibility index (Phi) is 8.24. The molecule has 4 rings (SSSR count). The lowest BCUT2D eigenvalue weighted by atomic mass is 10.1. The Morgan fingerprint density at radius 3 is 2.71 bits per heavy atom. The van der Waals surface area contributed by atoms with Crippen LogP contribution in [0.1, 0.15) is 51.0 Å². The summed E-state index contributed by atoms with van der Waals surface area (Å²) in [5.41, 5.74) is 2.30. The largest absolute Gasteiger partial charge is 0.369 e. The van der Waals surface area contributed by atoms with E-state index in [1.807, 2.05) is 24.4 Å². The van der Waals surface area contributed by atoms with E-state index in [0.29, 0.717) is 24.0 Å². The number of aromatic amines is 2. The van der Waals surface area contributed by atoms with Crippen molar-refractivity contribution in [2.75, 3.05) is 36.4 Å². The smallest absolute Gasteiger partial charge is 0.262 e. The van der Waals surface area contributed by atoms with E-state index in [2.05, 4.69) is 43.1 Å². The molecule has 0 aliphatic carbocycles. The van der Waals surface area contributed by atoms with E-state index in [0.717, 1.165) is 61.7 Å². The molecule has 3 N–H and O–H groups in total. The van der Waals surface area contributed by atoms with Crippen LogP contribution in [0, 0.1) is 0 Å². The maximum atomic E-state index is 12.8. The number of nitrogens with zero attached hydrogens (tertiary/aromatic N) is 3.